The second-order valence-electron chi connectivity index (χ2n) is 7.53. The van der Waals surface area contributed by atoms with Crippen LogP contribution in [0.2, 0.25) is 0 Å². The molecule has 17 heteroatoms. The predicted molar refractivity (Wildman–Crippen MR) is 74.7 cm³/mol. The fraction of sp³-hybridized carbons (Fsp3) is 1.00. The topological polar surface area (TPSA) is 18.5 Å². The molecule has 192 valence electrons. The molecule has 0 spiro atoms. The van der Waals surface area contributed by atoms with Crippen molar-refractivity contribution in [2.45, 2.75) is 61.5 Å². The van der Waals surface area contributed by atoms with Gasteiger partial charge in [0.2, 0.25) is 0 Å². The van der Waals surface area contributed by atoms with Gasteiger partial charge >= 0.3 is 41.7 Å². The Balaban J connectivity index is 3.03. The van der Waals surface area contributed by atoms with E-state index in [4.69, 9.17) is 9.47 Å². The molecule has 1 rings (SSSR count). The zero-order chi connectivity index (χ0) is 25.7. The third-order valence-corrected chi connectivity index (χ3v) is 4.52. The first-order chi connectivity index (χ1) is 13.9. The molecule has 2 nitrogen and oxygen atoms in total. The van der Waals surface area contributed by atoms with E-state index in [9.17, 15) is 65.9 Å². The van der Waals surface area contributed by atoms with E-state index in [0.29, 0.717) is 0 Å². The third kappa shape index (κ3) is 4.46. The summed E-state index contributed by atoms with van der Waals surface area (Å²) in [7, 11) is 0. The highest BCUT2D eigenvalue weighted by molar-refractivity contribution is 5.12. The van der Waals surface area contributed by atoms with Gasteiger partial charge in [0.1, 0.15) is 0 Å². The SMILES string of the molecule is CC1(COCCCC(F)(F)C(F)(F)C(F)(F)C(F)(F)C(F)(F)C(F)(F)C(F)(F)F)COC1. The average Bonchev–Trinajstić information content (AvgIpc) is 2.57. The standard InChI is InChI=1S/C15H15F15O2/c1-8(6-32-7-8)5-31-4-2-3-9(16,17)10(18,19)11(20,21)12(22,23)13(24,25)14(26,27)15(28,29)30/h2-7H2,1H3. The largest absolute Gasteiger partial charge is 0.460 e. The predicted octanol–water partition coefficient (Wildman–Crippen LogP) is 6.19. The number of rotatable bonds is 11. The van der Waals surface area contributed by atoms with Crippen molar-refractivity contribution in [2.24, 2.45) is 5.41 Å². The van der Waals surface area contributed by atoms with Crippen molar-refractivity contribution in [1.29, 1.82) is 0 Å². The van der Waals surface area contributed by atoms with Gasteiger partial charge in [-0.1, -0.05) is 6.92 Å². The molecule has 1 fully saturated rings. The smallest absolute Gasteiger partial charge is 0.381 e. The van der Waals surface area contributed by atoms with E-state index in [2.05, 4.69) is 0 Å². The van der Waals surface area contributed by atoms with Gasteiger partial charge in [-0.25, -0.2) is 0 Å². The first kappa shape index (κ1) is 28.9. The van der Waals surface area contributed by atoms with Crippen LogP contribution in [0, 0.1) is 5.41 Å². The molecule has 0 amide bonds. The molecule has 0 N–H and O–H groups in total. The van der Waals surface area contributed by atoms with Gasteiger partial charge < -0.3 is 9.47 Å². The Hall–Kier alpha value is -1.13. The van der Waals surface area contributed by atoms with Crippen LogP contribution in [-0.2, 0) is 9.47 Å². The number of hydrogen-bond donors (Lipinski definition) is 0. The van der Waals surface area contributed by atoms with Crippen LogP contribution in [0.15, 0.2) is 0 Å². The maximum absolute atomic E-state index is 13.6. The van der Waals surface area contributed by atoms with E-state index < -0.39 is 66.6 Å². The van der Waals surface area contributed by atoms with Crippen LogP contribution < -0.4 is 0 Å². The summed E-state index contributed by atoms with van der Waals surface area (Å²) in [4.78, 5) is 0. The summed E-state index contributed by atoms with van der Waals surface area (Å²) in [6.07, 6.45) is -11.2. The fourth-order valence-corrected chi connectivity index (χ4v) is 2.40. The molecule has 0 aromatic heterocycles. The molecular formula is C15H15F15O2. The Morgan fingerprint density at radius 3 is 1.44 bits per heavy atom. The van der Waals surface area contributed by atoms with Crippen LogP contribution in [0.3, 0.4) is 0 Å². The molecule has 1 heterocycles. The van der Waals surface area contributed by atoms with Crippen molar-refractivity contribution in [1.82, 2.24) is 0 Å². The minimum atomic E-state index is -8.25. The second-order valence-corrected chi connectivity index (χ2v) is 7.53. The minimum Gasteiger partial charge on any atom is -0.381 e. The van der Waals surface area contributed by atoms with Gasteiger partial charge in [0, 0.05) is 18.4 Å². The van der Waals surface area contributed by atoms with Gasteiger partial charge in [-0.05, 0) is 6.42 Å². The van der Waals surface area contributed by atoms with Gasteiger partial charge in [0.05, 0.1) is 19.8 Å². The maximum Gasteiger partial charge on any atom is 0.460 e. The highest BCUT2D eigenvalue weighted by Gasteiger charge is 2.93. The van der Waals surface area contributed by atoms with Gasteiger partial charge in [0.25, 0.3) is 0 Å². The van der Waals surface area contributed by atoms with Crippen LogP contribution in [0.25, 0.3) is 0 Å². The zero-order valence-corrected chi connectivity index (χ0v) is 15.7. The second kappa shape index (κ2) is 8.27. The Bertz CT molecular complexity index is 652. The molecular weight excluding hydrogens is 497 g/mol. The highest BCUT2D eigenvalue weighted by Crippen LogP contribution is 2.62. The van der Waals surface area contributed by atoms with E-state index in [1.54, 1.807) is 6.92 Å². The van der Waals surface area contributed by atoms with Crippen LogP contribution in [0.1, 0.15) is 19.8 Å². The quantitative estimate of drug-likeness (QED) is 0.243. The lowest BCUT2D eigenvalue weighted by Gasteiger charge is -2.41. The van der Waals surface area contributed by atoms with Crippen LogP contribution in [0.4, 0.5) is 65.9 Å². The molecule has 0 saturated carbocycles. The molecule has 1 saturated heterocycles. The van der Waals surface area contributed by atoms with Crippen molar-refractivity contribution in [3.05, 3.63) is 0 Å². The fourth-order valence-electron chi connectivity index (χ4n) is 2.40. The minimum absolute atomic E-state index is 0.165. The van der Waals surface area contributed by atoms with E-state index in [1.807, 2.05) is 0 Å². The lowest BCUT2D eigenvalue weighted by molar-refractivity contribution is -0.452. The first-order valence-electron chi connectivity index (χ1n) is 8.40. The van der Waals surface area contributed by atoms with Crippen molar-refractivity contribution in [3.63, 3.8) is 0 Å². The Morgan fingerprint density at radius 1 is 0.656 bits per heavy atom. The van der Waals surface area contributed by atoms with Gasteiger partial charge in [-0.15, -0.1) is 0 Å². The normalized spacial score (nSPS) is 19.1. The highest BCUT2D eigenvalue weighted by atomic mass is 19.4. The maximum atomic E-state index is 13.6. The van der Waals surface area contributed by atoms with Gasteiger partial charge in [-0.2, -0.15) is 65.9 Å². The summed E-state index contributed by atoms with van der Waals surface area (Å²) in [6, 6.07) is 0. The summed E-state index contributed by atoms with van der Waals surface area (Å²) < 4.78 is 205. The first-order valence-corrected chi connectivity index (χ1v) is 8.40. The van der Waals surface area contributed by atoms with Crippen LogP contribution >= 0.6 is 0 Å². The third-order valence-electron chi connectivity index (χ3n) is 4.52. The van der Waals surface area contributed by atoms with Gasteiger partial charge in [0.15, 0.2) is 0 Å². The summed E-state index contributed by atoms with van der Waals surface area (Å²) in [5.74, 6) is -46.1. The number of hydrogen-bond acceptors (Lipinski definition) is 2. The molecule has 0 unspecified atom stereocenters. The van der Waals surface area contributed by atoms with Crippen molar-refractivity contribution in [3.8, 4) is 0 Å². The van der Waals surface area contributed by atoms with Crippen LogP contribution in [-0.4, -0.2) is 68.1 Å². The average molecular weight is 512 g/mol. The molecule has 0 aromatic rings. The number of alkyl halides is 15. The van der Waals surface area contributed by atoms with Crippen molar-refractivity contribution in [2.75, 3.05) is 26.4 Å². The lowest BCUT2D eigenvalue weighted by Crippen LogP contribution is -2.72. The molecule has 0 aromatic carbocycles. The Kier molecular flexibility index (Phi) is 7.47. The van der Waals surface area contributed by atoms with Crippen molar-refractivity contribution < 1.29 is 75.3 Å². The summed E-state index contributed by atoms with van der Waals surface area (Å²) in [5, 5.41) is 0. The molecule has 1 aliphatic rings. The van der Waals surface area contributed by atoms with E-state index >= 15 is 0 Å². The zero-order valence-electron chi connectivity index (χ0n) is 15.7. The lowest BCUT2D eigenvalue weighted by atomic mass is 9.89. The number of halogens is 15. The summed E-state index contributed by atoms with van der Waals surface area (Å²) in [5.41, 5.74) is -0.559. The van der Waals surface area contributed by atoms with E-state index in [1.165, 1.54) is 0 Å². The Morgan fingerprint density at radius 2 is 1.06 bits per heavy atom. The summed E-state index contributed by atoms with van der Waals surface area (Å²) >= 11 is 0. The van der Waals surface area contributed by atoms with E-state index in [-0.39, 0.29) is 19.8 Å². The molecule has 0 aliphatic carbocycles. The van der Waals surface area contributed by atoms with Crippen molar-refractivity contribution >= 4 is 0 Å². The van der Waals surface area contributed by atoms with Crippen LogP contribution in [0.5, 0.6) is 0 Å². The Labute approximate surface area is 170 Å². The molecule has 1 aliphatic heterocycles. The molecule has 0 radical (unpaired) electrons. The monoisotopic (exact) mass is 512 g/mol. The number of ether oxygens (including phenoxy) is 2. The van der Waals surface area contributed by atoms with Gasteiger partial charge in [-0.3, -0.25) is 0 Å². The molecule has 0 atom stereocenters. The summed E-state index contributed by atoms with van der Waals surface area (Å²) in [6.45, 7) is 0.977. The van der Waals surface area contributed by atoms with E-state index in [0.717, 1.165) is 0 Å². The molecule has 0 bridgehead atoms. The molecule has 32 heavy (non-hydrogen) atoms.